The molecule has 1 aliphatic heterocycles. The Morgan fingerprint density at radius 1 is 1.09 bits per heavy atom. The van der Waals surface area contributed by atoms with Crippen LogP contribution in [0.25, 0.3) is 6.08 Å². The van der Waals surface area contributed by atoms with Crippen LogP contribution in [-0.4, -0.2) is 17.7 Å². The monoisotopic (exact) mass is 303 g/mol. The first kappa shape index (κ1) is 16.4. The second-order valence-corrected chi connectivity index (χ2v) is 7.77. The molecule has 0 bridgehead atoms. The smallest absolute Gasteiger partial charge is 0.289 e. The lowest BCUT2D eigenvalue weighted by atomic mass is 9.78. The number of ether oxygens (including phenoxy) is 1. The summed E-state index contributed by atoms with van der Waals surface area (Å²) < 4.78 is 5.29. The van der Waals surface area contributed by atoms with Crippen LogP contribution >= 0.6 is 0 Å². The van der Waals surface area contributed by atoms with Gasteiger partial charge in [0.25, 0.3) is 5.91 Å². The summed E-state index contributed by atoms with van der Waals surface area (Å²) in [5.74, 6) is 0.437. The summed E-state index contributed by atoms with van der Waals surface area (Å²) in [7, 11) is 0. The minimum absolute atomic E-state index is 0.197. The van der Waals surface area contributed by atoms with E-state index in [0.717, 1.165) is 16.7 Å². The van der Waals surface area contributed by atoms with E-state index in [1.165, 1.54) is 0 Å². The molecule has 0 spiro atoms. The largest absolute Gasteiger partial charge is 0.507 e. The Hall–Kier alpha value is -1.97. The van der Waals surface area contributed by atoms with Crippen LogP contribution in [-0.2, 0) is 20.4 Å². The van der Waals surface area contributed by atoms with E-state index in [9.17, 15) is 9.90 Å². The predicted octanol–water partition coefficient (Wildman–Crippen LogP) is 3.43. The summed E-state index contributed by atoms with van der Waals surface area (Å²) in [5, 5.41) is 13.3. The Morgan fingerprint density at radius 3 is 1.95 bits per heavy atom. The second-order valence-electron chi connectivity index (χ2n) is 7.77. The van der Waals surface area contributed by atoms with Crippen molar-refractivity contribution in [2.45, 2.75) is 52.4 Å². The van der Waals surface area contributed by atoms with E-state index in [2.05, 4.69) is 46.9 Å². The molecule has 2 rings (SSSR count). The highest BCUT2D eigenvalue weighted by Crippen LogP contribution is 2.40. The average molecular weight is 303 g/mol. The third kappa shape index (κ3) is 3.26. The number of hydrogen-bond donors (Lipinski definition) is 2. The summed E-state index contributed by atoms with van der Waals surface area (Å²) in [4.78, 5) is 11.7. The van der Waals surface area contributed by atoms with E-state index >= 15 is 0 Å². The SMILES string of the molecule is CC(C)(C)c1cc(/C=C2\OCNC2=O)cc(C(C)(C)C)c1O. The molecule has 1 saturated heterocycles. The zero-order chi connectivity index (χ0) is 16.7. The summed E-state index contributed by atoms with van der Waals surface area (Å²) in [6.45, 7) is 12.6. The Morgan fingerprint density at radius 2 is 1.59 bits per heavy atom. The maximum absolute atomic E-state index is 11.7. The Labute approximate surface area is 132 Å². The number of nitrogens with one attached hydrogen (secondary N) is 1. The van der Waals surface area contributed by atoms with Gasteiger partial charge in [-0.1, -0.05) is 41.5 Å². The summed E-state index contributed by atoms with van der Waals surface area (Å²) in [6.07, 6.45) is 1.73. The molecule has 120 valence electrons. The van der Waals surface area contributed by atoms with E-state index in [-0.39, 0.29) is 23.5 Å². The van der Waals surface area contributed by atoms with Gasteiger partial charge in [-0.25, -0.2) is 0 Å². The van der Waals surface area contributed by atoms with E-state index in [1.54, 1.807) is 6.08 Å². The predicted molar refractivity (Wildman–Crippen MR) is 87.6 cm³/mol. The van der Waals surface area contributed by atoms with Crippen molar-refractivity contribution in [2.75, 3.05) is 6.73 Å². The number of aromatic hydroxyl groups is 1. The zero-order valence-corrected chi connectivity index (χ0v) is 14.2. The van der Waals surface area contributed by atoms with Gasteiger partial charge in [0, 0.05) is 11.1 Å². The van der Waals surface area contributed by atoms with Crippen LogP contribution in [0.4, 0.5) is 0 Å². The van der Waals surface area contributed by atoms with Gasteiger partial charge in [0.1, 0.15) is 5.75 Å². The lowest BCUT2D eigenvalue weighted by molar-refractivity contribution is -0.116. The lowest BCUT2D eigenvalue weighted by Gasteiger charge is -2.27. The quantitative estimate of drug-likeness (QED) is 0.781. The van der Waals surface area contributed by atoms with Crippen LogP contribution in [0.1, 0.15) is 58.2 Å². The first-order chi connectivity index (χ1) is 10.00. The zero-order valence-electron chi connectivity index (χ0n) is 14.2. The minimum atomic E-state index is -0.206. The normalized spacial score (nSPS) is 17.5. The van der Waals surface area contributed by atoms with Crippen LogP contribution in [0.3, 0.4) is 0 Å². The molecule has 1 amide bonds. The molecule has 1 aromatic carbocycles. The molecule has 1 heterocycles. The maximum atomic E-state index is 11.7. The number of carbonyl (C=O) groups is 1. The molecule has 4 heteroatoms. The molecule has 22 heavy (non-hydrogen) atoms. The topological polar surface area (TPSA) is 58.6 Å². The number of phenols is 1. The highest BCUT2D eigenvalue weighted by Gasteiger charge is 2.27. The van der Waals surface area contributed by atoms with Gasteiger partial charge in [-0.15, -0.1) is 0 Å². The molecule has 0 unspecified atom stereocenters. The van der Waals surface area contributed by atoms with Gasteiger partial charge in [-0.3, -0.25) is 4.79 Å². The molecule has 1 fully saturated rings. The fourth-order valence-corrected chi connectivity index (χ4v) is 2.47. The highest BCUT2D eigenvalue weighted by atomic mass is 16.5. The molecular formula is C18H25NO3. The molecule has 4 nitrogen and oxygen atoms in total. The number of phenolic OH excluding ortho intramolecular Hbond substituents is 1. The Bertz CT molecular complexity index is 596. The van der Waals surface area contributed by atoms with E-state index in [4.69, 9.17) is 4.74 Å². The number of amides is 1. The van der Waals surface area contributed by atoms with Gasteiger partial charge in [0.05, 0.1) is 0 Å². The number of benzene rings is 1. The fraction of sp³-hybridized carbons (Fsp3) is 0.500. The molecule has 1 aromatic rings. The summed E-state index contributed by atoms with van der Waals surface area (Å²) >= 11 is 0. The fourth-order valence-electron chi connectivity index (χ4n) is 2.47. The molecule has 2 N–H and O–H groups in total. The molecule has 0 atom stereocenters. The van der Waals surface area contributed by atoms with Crippen molar-refractivity contribution >= 4 is 12.0 Å². The minimum Gasteiger partial charge on any atom is -0.507 e. The summed E-state index contributed by atoms with van der Waals surface area (Å²) in [5.41, 5.74) is 2.20. The van der Waals surface area contributed by atoms with Crippen LogP contribution in [0.5, 0.6) is 5.75 Å². The number of hydrogen-bond acceptors (Lipinski definition) is 3. The van der Waals surface area contributed by atoms with E-state index in [1.807, 2.05) is 12.1 Å². The molecule has 1 aliphatic rings. The molecule has 0 radical (unpaired) electrons. The first-order valence-corrected chi connectivity index (χ1v) is 7.51. The van der Waals surface area contributed by atoms with Gasteiger partial charge >= 0.3 is 0 Å². The Balaban J connectivity index is 2.63. The highest BCUT2D eigenvalue weighted by molar-refractivity contribution is 5.97. The lowest BCUT2D eigenvalue weighted by Crippen LogP contribution is -2.17. The van der Waals surface area contributed by atoms with Crippen molar-refractivity contribution in [3.8, 4) is 5.75 Å². The van der Waals surface area contributed by atoms with Gasteiger partial charge in [0.15, 0.2) is 12.5 Å². The summed E-state index contributed by atoms with van der Waals surface area (Å²) in [6, 6.07) is 3.85. The van der Waals surface area contributed by atoms with Crippen LogP contribution in [0.2, 0.25) is 0 Å². The third-order valence-corrected chi connectivity index (χ3v) is 3.73. The first-order valence-electron chi connectivity index (χ1n) is 7.51. The van der Waals surface area contributed by atoms with Crippen LogP contribution in [0.15, 0.2) is 17.9 Å². The average Bonchev–Trinajstić information content (AvgIpc) is 2.74. The van der Waals surface area contributed by atoms with E-state index < -0.39 is 0 Å². The van der Waals surface area contributed by atoms with Gasteiger partial charge in [-0.05, 0) is 34.6 Å². The van der Waals surface area contributed by atoms with Gasteiger partial charge < -0.3 is 15.2 Å². The molecule has 0 aromatic heterocycles. The van der Waals surface area contributed by atoms with E-state index in [0.29, 0.717) is 11.5 Å². The second kappa shape index (κ2) is 5.34. The van der Waals surface area contributed by atoms with Crippen molar-refractivity contribution < 1.29 is 14.6 Å². The van der Waals surface area contributed by atoms with Crippen molar-refractivity contribution in [1.82, 2.24) is 5.32 Å². The van der Waals surface area contributed by atoms with Gasteiger partial charge in [-0.2, -0.15) is 0 Å². The van der Waals surface area contributed by atoms with Crippen molar-refractivity contribution in [1.29, 1.82) is 0 Å². The maximum Gasteiger partial charge on any atom is 0.289 e. The van der Waals surface area contributed by atoms with Crippen LogP contribution < -0.4 is 5.32 Å². The molecule has 0 aliphatic carbocycles. The number of rotatable bonds is 1. The standard InChI is InChI=1S/C18H25NO3/c1-17(2,3)12-7-11(9-14-16(21)19-10-22-14)8-13(15(12)20)18(4,5)6/h7-9,20H,10H2,1-6H3,(H,19,21)/b14-9-. The number of carbonyl (C=O) groups excluding carboxylic acids is 1. The third-order valence-electron chi connectivity index (χ3n) is 3.73. The van der Waals surface area contributed by atoms with Crippen LogP contribution in [0, 0.1) is 0 Å². The van der Waals surface area contributed by atoms with Gasteiger partial charge in [0.2, 0.25) is 0 Å². The Kier molecular flexibility index (Phi) is 3.98. The molecular weight excluding hydrogens is 278 g/mol. The van der Waals surface area contributed by atoms with Crippen molar-refractivity contribution in [3.05, 3.63) is 34.6 Å². The van der Waals surface area contributed by atoms with Crippen molar-refractivity contribution in [3.63, 3.8) is 0 Å². The van der Waals surface area contributed by atoms with Crippen molar-refractivity contribution in [2.24, 2.45) is 0 Å². The molecule has 0 saturated carbocycles.